The molecule has 0 atom stereocenters. The van der Waals surface area contributed by atoms with E-state index in [4.69, 9.17) is 0 Å². The van der Waals surface area contributed by atoms with Crippen LogP contribution in [0.3, 0.4) is 0 Å². The maximum atomic E-state index is 12.6. The lowest BCUT2D eigenvalue weighted by molar-refractivity contribution is -0.384. The summed E-state index contributed by atoms with van der Waals surface area (Å²) in [4.78, 5) is 9.56. The van der Waals surface area contributed by atoms with Crippen molar-refractivity contribution in [2.45, 2.75) is 0 Å². The number of rotatable bonds is 2. The van der Waals surface area contributed by atoms with Gasteiger partial charge in [0.2, 0.25) is 0 Å². The lowest BCUT2D eigenvalue weighted by Crippen LogP contribution is -1.88. The van der Waals surface area contributed by atoms with E-state index in [9.17, 15) is 18.9 Å². The van der Waals surface area contributed by atoms with Crippen molar-refractivity contribution in [2.75, 3.05) is 0 Å². The Hall–Kier alpha value is -1.78. The number of hydrogen-bond acceptors (Lipinski definition) is 2. The zero-order chi connectivity index (χ0) is 9.84. The van der Waals surface area contributed by atoms with Gasteiger partial charge in [-0.05, 0) is 0 Å². The third-order valence-electron chi connectivity index (χ3n) is 1.43. The molecule has 0 spiro atoms. The van der Waals surface area contributed by atoms with Crippen LogP contribution in [-0.2, 0) is 0 Å². The van der Waals surface area contributed by atoms with Crippen LogP contribution in [0.2, 0.25) is 0 Å². The van der Waals surface area contributed by atoms with Gasteiger partial charge in [0.15, 0.2) is 5.83 Å². The second kappa shape index (κ2) is 3.75. The predicted molar refractivity (Wildman–Crippen MR) is 43.3 cm³/mol. The highest BCUT2D eigenvalue weighted by Gasteiger charge is 2.07. The molecule has 0 radical (unpaired) electrons. The molecule has 1 aromatic rings. The molecule has 0 amide bonds. The number of nitro groups is 1. The average Bonchev–Trinajstić information content (AvgIpc) is 2.17. The molecule has 0 N–H and O–H groups in total. The Bertz CT molecular complexity index is 363. The minimum atomic E-state index is -1.12. The Morgan fingerprint density at radius 3 is 2.77 bits per heavy atom. The van der Waals surface area contributed by atoms with Crippen LogP contribution in [0.4, 0.5) is 14.5 Å². The zero-order valence-electron chi connectivity index (χ0n) is 6.41. The van der Waals surface area contributed by atoms with E-state index < -0.39 is 10.8 Å². The molecule has 0 saturated heterocycles. The van der Waals surface area contributed by atoms with Crippen molar-refractivity contribution in [1.29, 1.82) is 0 Å². The molecule has 0 saturated carbocycles. The summed E-state index contributed by atoms with van der Waals surface area (Å²) < 4.78 is 24.3. The van der Waals surface area contributed by atoms with E-state index in [1.807, 2.05) is 0 Å². The molecule has 0 aliphatic heterocycles. The van der Waals surface area contributed by atoms with Gasteiger partial charge in [0.05, 0.1) is 4.92 Å². The third kappa shape index (κ3) is 2.08. The first-order valence-electron chi connectivity index (χ1n) is 3.36. The van der Waals surface area contributed by atoms with Gasteiger partial charge in [0, 0.05) is 17.7 Å². The molecule has 3 nitrogen and oxygen atoms in total. The molecule has 0 unspecified atom stereocenters. The van der Waals surface area contributed by atoms with Crippen LogP contribution in [0.25, 0.3) is 5.83 Å². The van der Waals surface area contributed by atoms with E-state index in [0.717, 1.165) is 6.07 Å². The molecule has 0 bridgehead atoms. The largest absolute Gasteiger partial charge is 0.270 e. The van der Waals surface area contributed by atoms with Crippen LogP contribution in [0.1, 0.15) is 5.56 Å². The van der Waals surface area contributed by atoms with Crippen molar-refractivity contribution in [2.24, 2.45) is 0 Å². The fourth-order valence-electron chi connectivity index (χ4n) is 0.831. The van der Waals surface area contributed by atoms with E-state index in [0.29, 0.717) is 0 Å². The van der Waals surface area contributed by atoms with Gasteiger partial charge in [-0.3, -0.25) is 10.1 Å². The number of benzene rings is 1. The quantitative estimate of drug-likeness (QED) is 0.525. The summed E-state index contributed by atoms with van der Waals surface area (Å²) in [6.07, 6.45) is -0.237. The Balaban J connectivity index is 3.13. The van der Waals surface area contributed by atoms with Crippen LogP contribution >= 0.6 is 0 Å². The van der Waals surface area contributed by atoms with Crippen LogP contribution in [-0.4, -0.2) is 4.92 Å². The van der Waals surface area contributed by atoms with Crippen LogP contribution in [0.15, 0.2) is 30.6 Å². The van der Waals surface area contributed by atoms with Gasteiger partial charge in [-0.1, -0.05) is 12.1 Å². The second-order valence-corrected chi connectivity index (χ2v) is 2.26. The first-order valence-corrected chi connectivity index (χ1v) is 3.36. The predicted octanol–water partition coefficient (Wildman–Crippen LogP) is 2.83. The SMILES string of the molecule is O=[N+]([O-])c1cccc(/C(F)=C\F)c1. The van der Waals surface area contributed by atoms with Gasteiger partial charge in [0.1, 0.15) is 6.33 Å². The van der Waals surface area contributed by atoms with Gasteiger partial charge in [-0.2, -0.15) is 0 Å². The molecule has 0 aliphatic carbocycles. The van der Waals surface area contributed by atoms with Gasteiger partial charge in [-0.15, -0.1) is 0 Å². The Labute approximate surface area is 72.5 Å². The summed E-state index contributed by atoms with van der Waals surface area (Å²) in [5.74, 6) is -1.12. The van der Waals surface area contributed by atoms with Crippen LogP contribution < -0.4 is 0 Å². The Morgan fingerprint density at radius 2 is 2.23 bits per heavy atom. The van der Waals surface area contributed by atoms with Gasteiger partial charge < -0.3 is 0 Å². The topological polar surface area (TPSA) is 43.1 Å². The Kier molecular flexibility index (Phi) is 2.69. The van der Waals surface area contributed by atoms with Crippen molar-refractivity contribution in [3.8, 4) is 0 Å². The fraction of sp³-hybridized carbons (Fsp3) is 0. The van der Waals surface area contributed by atoms with Crippen molar-refractivity contribution in [3.63, 3.8) is 0 Å². The average molecular weight is 185 g/mol. The summed E-state index contributed by atoms with van der Waals surface area (Å²) in [6.45, 7) is 0. The molecule has 1 rings (SSSR count). The summed E-state index contributed by atoms with van der Waals surface area (Å²) in [7, 11) is 0. The molecule has 0 aromatic heterocycles. The lowest BCUT2D eigenvalue weighted by atomic mass is 10.2. The molecule has 0 fully saturated rings. The lowest BCUT2D eigenvalue weighted by Gasteiger charge is -1.95. The first-order chi connectivity index (χ1) is 6.15. The molecular weight excluding hydrogens is 180 g/mol. The summed E-state index contributed by atoms with van der Waals surface area (Å²) in [6, 6.07) is 4.70. The monoisotopic (exact) mass is 185 g/mol. The van der Waals surface area contributed by atoms with E-state index >= 15 is 0 Å². The van der Waals surface area contributed by atoms with E-state index in [1.54, 1.807) is 0 Å². The molecule has 5 heteroatoms. The summed E-state index contributed by atoms with van der Waals surface area (Å²) in [5, 5.41) is 10.2. The molecule has 0 heterocycles. The van der Waals surface area contributed by atoms with Crippen molar-refractivity contribution >= 4 is 11.5 Å². The smallest absolute Gasteiger partial charge is 0.258 e. The van der Waals surface area contributed by atoms with Crippen LogP contribution in [0.5, 0.6) is 0 Å². The minimum Gasteiger partial charge on any atom is -0.258 e. The third-order valence-corrected chi connectivity index (χ3v) is 1.43. The van der Waals surface area contributed by atoms with Crippen molar-refractivity contribution in [1.82, 2.24) is 0 Å². The number of hydrogen-bond donors (Lipinski definition) is 0. The Morgan fingerprint density at radius 1 is 1.54 bits per heavy atom. The van der Waals surface area contributed by atoms with E-state index in [1.165, 1.54) is 18.2 Å². The normalized spacial score (nSPS) is 11.4. The molecular formula is C8H5F2NO2. The number of halogens is 2. The zero-order valence-corrected chi connectivity index (χ0v) is 6.41. The number of non-ortho nitro benzene ring substituents is 1. The van der Waals surface area contributed by atoms with Crippen LogP contribution in [0, 0.1) is 10.1 Å². The standard InChI is InChI=1S/C8H5F2NO2/c9-5-8(10)6-2-1-3-7(4-6)11(12)13/h1-5H/b8-5+. The second-order valence-electron chi connectivity index (χ2n) is 2.26. The highest BCUT2D eigenvalue weighted by Crippen LogP contribution is 2.20. The number of nitrogens with zero attached hydrogens (tertiary/aromatic N) is 1. The van der Waals surface area contributed by atoms with E-state index in [2.05, 4.69) is 0 Å². The first kappa shape index (κ1) is 9.31. The van der Waals surface area contributed by atoms with Crippen molar-refractivity contribution in [3.05, 3.63) is 46.3 Å². The molecule has 0 aliphatic rings. The van der Waals surface area contributed by atoms with Crippen molar-refractivity contribution < 1.29 is 13.7 Å². The maximum Gasteiger partial charge on any atom is 0.270 e. The molecule has 13 heavy (non-hydrogen) atoms. The molecule has 68 valence electrons. The highest BCUT2D eigenvalue weighted by molar-refractivity contribution is 5.60. The summed E-state index contributed by atoms with van der Waals surface area (Å²) in [5.41, 5.74) is -0.411. The van der Waals surface area contributed by atoms with Gasteiger partial charge in [0.25, 0.3) is 5.69 Å². The highest BCUT2D eigenvalue weighted by atomic mass is 19.2. The number of nitro benzene ring substituents is 1. The van der Waals surface area contributed by atoms with Gasteiger partial charge >= 0.3 is 0 Å². The van der Waals surface area contributed by atoms with Gasteiger partial charge in [-0.25, -0.2) is 8.78 Å². The fourth-order valence-corrected chi connectivity index (χ4v) is 0.831. The maximum absolute atomic E-state index is 12.6. The van der Waals surface area contributed by atoms with E-state index in [-0.39, 0.29) is 17.6 Å². The summed E-state index contributed by atoms with van der Waals surface area (Å²) >= 11 is 0. The minimum absolute atomic E-state index is 0.142. The molecule has 1 aromatic carbocycles.